The zero-order valence-corrected chi connectivity index (χ0v) is 29.1. The van der Waals surface area contributed by atoms with E-state index < -0.39 is 23.2 Å². The number of fused-ring (bicyclic) bond motifs is 3. The highest BCUT2D eigenvalue weighted by atomic mass is 35.5. The standard InChI is InChI=1S/C37H45Cl2N4O4/c1-36(2)22-26(23-37(3,4)43(36)46)40-34(44)33(21-25-13-15-27(16-14-25)42(19-17-38)20-18-39)41-35(45)47-24-32-30-11-7-5-9-28(30)29-10-6-8-12-31(29)32/h5-16,26,32-33H,17-24H2,1-4H3,(H,40,44)(H,41,45). The van der Waals surface area contributed by atoms with Crippen LogP contribution in [0.5, 0.6) is 0 Å². The Morgan fingerprint density at radius 2 is 1.40 bits per heavy atom. The number of hydroxylamine groups is 2. The van der Waals surface area contributed by atoms with Gasteiger partial charge in [-0.25, -0.2) is 4.79 Å². The maximum absolute atomic E-state index is 13.9. The summed E-state index contributed by atoms with van der Waals surface area (Å²) in [5.74, 6) is 0.538. The quantitative estimate of drug-likeness (QED) is 0.203. The Morgan fingerprint density at radius 1 is 0.872 bits per heavy atom. The molecule has 1 aliphatic carbocycles. The molecule has 1 aliphatic heterocycles. The molecule has 3 aromatic rings. The van der Waals surface area contributed by atoms with Gasteiger partial charge in [-0.05, 0) is 80.5 Å². The minimum absolute atomic E-state index is 0.0985. The number of rotatable bonds is 12. The molecule has 2 aliphatic rings. The first-order chi connectivity index (χ1) is 22.4. The number of hydrogen-bond acceptors (Lipinski definition) is 5. The molecule has 0 saturated carbocycles. The molecule has 1 atom stereocenters. The van der Waals surface area contributed by atoms with Crippen molar-refractivity contribution in [2.45, 2.75) is 76.0 Å². The van der Waals surface area contributed by atoms with Crippen molar-refractivity contribution in [1.82, 2.24) is 15.7 Å². The highest BCUT2D eigenvalue weighted by Gasteiger charge is 2.46. The highest BCUT2D eigenvalue weighted by molar-refractivity contribution is 6.18. The van der Waals surface area contributed by atoms with Crippen LogP contribution in [0.3, 0.4) is 0 Å². The molecule has 3 aromatic carbocycles. The summed E-state index contributed by atoms with van der Waals surface area (Å²) >= 11 is 12.0. The predicted molar refractivity (Wildman–Crippen MR) is 188 cm³/mol. The lowest BCUT2D eigenvalue weighted by atomic mass is 9.79. The minimum atomic E-state index is -0.894. The number of ether oxygens (including phenoxy) is 1. The van der Waals surface area contributed by atoms with Crippen LogP contribution in [0.15, 0.2) is 72.8 Å². The molecule has 2 amide bonds. The predicted octanol–water partition coefficient (Wildman–Crippen LogP) is 6.90. The molecule has 0 spiro atoms. The van der Waals surface area contributed by atoms with Crippen molar-refractivity contribution in [3.63, 3.8) is 0 Å². The zero-order chi connectivity index (χ0) is 33.8. The number of anilines is 1. The normalized spacial score (nSPS) is 17.8. The molecule has 5 rings (SSSR count). The van der Waals surface area contributed by atoms with Gasteiger partial charge in [0.05, 0.1) is 0 Å². The molecule has 251 valence electrons. The Morgan fingerprint density at radius 3 is 1.94 bits per heavy atom. The number of nitrogens with one attached hydrogen (secondary N) is 2. The number of benzene rings is 3. The zero-order valence-electron chi connectivity index (χ0n) is 27.6. The summed E-state index contributed by atoms with van der Waals surface area (Å²) in [5, 5.41) is 20.1. The lowest BCUT2D eigenvalue weighted by molar-refractivity contribution is -0.290. The second-order valence-corrected chi connectivity index (χ2v) is 14.5. The van der Waals surface area contributed by atoms with Crippen molar-refractivity contribution in [1.29, 1.82) is 0 Å². The van der Waals surface area contributed by atoms with Gasteiger partial charge in [-0.3, -0.25) is 4.79 Å². The van der Waals surface area contributed by atoms with Crippen molar-refractivity contribution in [2.24, 2.45) is 0 Å². The summed E-state index contributed by atoms with van der Waals surface area (Å²) in [5.41, 5.74) is 5.07. The molecule has 2 N–H and O–H groups in total. The molecular formula is C37H45Cl2N4O4. The number of alkyl halides is 2. The third kappa shape index (κ3) is 8.06. The number of amides is 2. The monoisotopic (exact) mass is 679 g/mol. The SMILES string of the molecule is CC1(C)CC(NC(=O)C(Cc2ccc(N(CCCl)CCCl)cc2)NC(=O)OCC2c3ccccc3-c3ccccc32)CC(C)(C)N1[O]. The molecule has 1 unspecified atom stereocenters. The van der Waals surface area contributed by atoms with Gasteiger partial charge in [-0.15, -0.1) is 33.5 Å². The average molecular weight is 681 g/mol. The van der Waals surface area contributed by atoms with Crippen molar-refractivity contribution in [3.05, 3.63) is 89.5 Å². The summed E-state index contributed by atoms with van der Waals surface area (Å²) in [4.78, 5) is 29.3. The molecule has 8 nitrogen and oxygen atoms in total. The van der Waals surface area contributed by atoms with E-state index in [1.165, 1.54) is 0 Å². The number of piperidine rings is 1. The number of alkyl carbamates (subject to hydrolysis) is 1. The highest BCUT2D eigenvalue weighted by Crippen LogP contribution is 2.44. The first kappa shape index (κ1) is 35.0. The number of halogens is 2. The number of nitrogens with zero attached hydrogens (tertiary/aromatic N) is 2. The van der Waals surface area contributed by atoms with E-state index in [0.717, 1.165) is 38.6 Å². The van der Waals surface area contributed by atoms with Crippen LogP contribution in [-0.2, 0) is 21.2 Å². The summed E-state index contributed by atoms with van der Waals surface area (Å²) in [7, 11) is 0. The summed E-state index contributed by atoms with van der Waals surface area (Å²) < 4.78 is 5.82. The van der Waals surface area contributed by atoms with Crippen LogP contribution in [-0.4, -0.2) is 71.7 Å². The summed E-state index contributed by atoms with van der Waals surface area (Å²) in [6.45, 7) is 9.05. The third-order valence-electron chi connectivity index (χ3n) is 9.34. The van der Waals surface area contributed by atoms with Crippen LogP contribution < -0.4 is 15.5 Å². The molecule has 0 bridgehead atoms. The van der Waals surface area contributed by atoms with Gasteiger partial charge >= 0.3 is 6.09 Å². The average Bonchev–Trinajstić information content (AvgIpc) is 3.36. The van der Waals surface area contributed by atoms with Gasteiger partial charge in [0, 0.05) is 60.0 Å². The second kappa shape index (κ2) is 14.9. The molecule has 1 radical (unpaired) electrons. The topological polar surface area (TPSA) is 93.8 Å². The molecular weight excluding hydrogens is 635 g/mol. The van der Waals surface area contributed by atoms with Gasteiger partial charge in [-0.1, -0.05) is 60.7 Å². The van der Waals surface area contributed by atoms with Crippen molar-refractivity contribution >= 4 is 40.9 Å². The maximum Gasteiger partial charge on any atom is 0.407 e. The number of carbonyl (C=O) groups excluding carboxylic acids is 2. The van der Waals surface area contributed by atoms with Gasteiger partial charge in [0.2, 0.25) is 5.91 Å². The van der Waals surface area contributed by atoms with E-state index in [1.54, 1.807) is 0 Å². The van der Waals surface area contributed by atoms with E-state index in [0.29, 0.717) is 37.7 Å². The van der Waals surface area contributed by atoms with Crippen LogP contribution in [0.25, 0.3) is 11.1 Å². The van der Waals surface area contributed by atoms with E-state index in [2.05, 4.69) is 39.8 Å². The fourth-order valence-corrected chi connectivity index (χ4v) is 7.72. The second-order valence-electron chi connectivity index (χ2n) is 13.8. The van der Waals surface area contributed by atoms with E-state index >= 15 is 0 Å². The number of carbonyl (C=O) groups is 2. The fraction of sp³-hybridized carbons (Fsp3) is 0.459. The lowest BCUT2D eigenvalue weighted by Gasteiger charge is -2.50. The largest absolute Gasteiger partial charge is 0.449 e. The van der Waals surface area contributed by atoms with E-state index in [9.17, 15) is 14.8 Å². The van der Waals surface area contributed by atoms with E-state index in [-0.39, 0.29) is 30.9 Å². The van der Waals surface area contributed by atoms with Crippen LogP contribution in [0.4, 0.5) is 10.5 Å². The van der Waals surface area contributed by atoms with Gasteiger partial charge in [0.1, 0.15) is 12.6 Å². The van der Waals surface area contributed by atoms with Crippen LogP contribution in [0, 0.1) is 0 Å². The van der Waals surface area contributed by atoms with Gasteiger partial charge in [0.15, 0.2) is 0 Å². The molecule has 0 aromatic heterocycles. The first-order valence-electron chi connectivity index (χ1n) is 16.3. The van der Waals surface area contributed by atoms with E-state index in [4.69, 9.17) is 27.9 Å². The lowest BCUT2D eigenvalue weighted by Crippen LogP contribution is -2.63. The Balaban J connectivity index is 1.31. The molecule has 10 heteroatoms. The third-order valence-corrected chi connectivity index (χ3v) is 9.68. The van der Waals surface area contributed by atoms with E-state index in [1.807, 2.05) is 76.2 Å². The Kier molecular flexibility index (Phi) is 11.1. The number of hydrogen-bond donors (Lipinski definition) is 2. The van der Waals surface area contributed by atoms with Gasteiger partial charge < -0.3 is 20.3 Å². The Labute approximate surface area is 288 Å². The van der Waals surface area contributed by atoms with Gasteiger partial charge in [0.25, 0.3) is 0 Å². The van der Waals surface area contributed by atoms with Crippen molar-refractivity contribution < 1.29 is 19.5 Å². The van der Waals surface area contributed by atoms with Crippen LogP contribution in [0.2, 0.25) is 0 Å². The first-order valence-corrected chi connectivity index (χ1v) is 17.4. The maximum atomic E-state index is 13.9. The summed E-state index contributed by atoms with van der Waals surface area (Å²) in [6, 6.07) is 23.1. The van der Waals surface area contributed by atoms with Crippen molar-refractivity contribution in [3.8, 4) is 11.1 Å². The Hall–Kier alpha value is -3.30. The molecule has 1 saturated heterocycles. The Bertz CT molecular complexity index is 1480. The molecule has 1 heterocycles. The van der Waals surface area contributed by atoms with Crippen molar-refractivity contribution in [2.75, 3.05) is 36.4 Å². The smallest absolute Gasteiger partial charge is 0.407 e. The summed E-state index contributed by atoms with van der Waals surface area (Å²) in [6.07, 6.45) is 0.590. The van der Waals surface area contributed by atoms with Crippen LogP contribution >= 0.6 is 23.2 Å². The molecule has 1 fully saturated rings. The van der Waals surface area contributed by atoms with Gasteiger partial charge in [-0.2, -0.15) is 0 Å². The van der Waals surface area contributed by atoms with Crippen LogP contribution in [0.1, 0.15) is 63.1 Å². The minimum Gasteiger partial charge on any atom is -0.449 e. The molecule has 47 heavy (non-hydrogen) atoms. The fourth-order valence-electron chi connectivity index (χ4n) is 7.31.